The predicted octanol–water partition coefficient (Wildman–Crippen LogP) is 4.76. The first-order valence-electron chi connectivity index (χ1n) is 10.7. The maximum absolute atomic E-state index is 13.5. The third-order valence-corrected chi connectivity index (χ3v) is 6.92. The summed E-state index contributed by atoms with van der Waals surface area (Å²) in [5, 5.41) is 0.688. The van der Waals surface area contributed by atoms with Gasteiger partial charge in [-0.25, -0.2) is 4.98 Å². The summed E-state index contributed by atoms with van der Waals surface area (Å²) in [5.74, 6) is 0.0266. The second-order valence-corrected chi connectivity index (χ2v) is 9.28. The number of aryl methyl sites for hydroxylation is 1. The Balaban J connectivity index is 1.57. The highest BCUT2D eigenvalue weighted by molar-refractivity contribution is 8.00. The van der Waals surface area contributed by atoms with Gasteiger partial charge in [0.15, 0.2) is 5.16 Å². The Morgan fingerprint density at radius 3 is 2.47 bits per heavy atom. The number of carbonyl (C=O) groups excluding carboxylic acids is 1. The fourth-order valence-electron chi connectivity index (χ4n) is 4.21. The van der Waals surface area contributed by atoms with Crippen LogP contribution in [0.15, 0.2) is 82.7 Å². The summed E-state index contributed by atoms with van der Waals surface area (Å²) in [4.78, 5) is 33.5. The van der Waals surface area contributed by atoms with E-state index in [1.165, 1.54) is 17.3 Å². The molecule has 0 saturated carbocycles. The molecule has 1 aromatic heterocycles. The Morgan fingerprint density at radius 1 is 0.969 bits per heavy atom. The lowest BCUT2D eigenvalue weighted by Gasteiger charge is -2.22. The number of rotatable bonds is 4. The molecule has 5 nitrogen and oxygen atoms in total. The van der Waals surface area contributed by atoms with E-state index in [0.717, 1.165) is 23.4 Å². The predicted molar refractivity (Wildman–Crippen MR) is 130 cm³/mol. The molecule has 0 unspecified atom stereocenters. The third-order valence-electron chi connectivity index (χ3n) is 5.88. The Hall–Kier alpha value is -3.38. The Kier molecular flexibility index (Phi) is 5.31. The monoisotopic (exact) mass is 441 g/mol. The zero-order valence-corrected chi connectivity index (χ0v) is 18.8. The number of amides is 1. The minimum absolute atomic E-state index is 0.0266. The van der Waals surface area contributed by atoms with E-state index >= 15 is 0 Å². The van der Waals surface area contributed by atoms with Crippen molar-refractivity contribution in [2.45, 2.75) is 30.7 Å². The van der Waals surface area contributed by atoms with Crippen LogP contribution in [0.25, 0.3) is 16.6 Å². The maximum Gasteiger partial charge on any atom is 0.266 e. The van der Waals surface area contributed by atoms with Gasteiger partial charge in [0.25, 0.3) is 5.56 Å². The number of fused-ring (bicyclic) bond motifs is 2. The molecule has 6 heteroatoms. The van der Waals surface area contributed by atoms with E-state index < -0.39 is 5.25 Å². The SMILES string of the molecule is Cc1ccccc1-n1c(S[C@H](C)C(=O)N2CCc3ccccc32)nc2ccccc2c1=O. The molecule has 1 amide bonds. The first-order chi connectivity index (χ1) is 15.5. The van der Waals surface area contributed by atoms with E-state index in [4.69, 9.17) is 4.98 Å². The zero-order chi connectivity index (χ0) is 22.2. The molecule has 0 radical (unpaired) electrons. The highest BCUT2D eigenvalue weighted by atomic mass is 32.2. The van der Waals surface area contributed by atoms with Gasteiger partial charge in [-0.05, 0) is 55.7 Å². The van der Waals surface area contributed by atoms with Crippen LogP contribution in [0, 0.1) is 6.92 Å². The standard InChI is InChI=1S/C26H23N3O2S/c1-17-9-3-7-13-22(17)29-25(31)20-11-5-6-12-21(20)27-26(29)32-18(2)24(30)28-16-15-19-10-4-8-14-23(19)28/h3-14,18H,15-16H2,1-2H3/t18-/m1/s1. The van der Waals surface area contributed by atoms with Crippen molar-refractivity contribution in [2.75, 3.05) is 11.4 Å². The van der Waals surface area contributed by atoms with Gasteiger partial charge in [-0.1, -0.05) is 60.3 Å². The molecular formula is C26H23N3O2S. The van der Waals surface area contributed by atoms with Crippen molar-refractivity contribution in [3.05, 3.63) is 94.3 Å². The molecule has 1 atom stereocenters. The number of anilines is 1. The lowest BCUT2D eigenvalue weighted by atomic mass is 10.2. The minimum Gasteiger partial charge on any atom is -0.311 e. The summed E-state index contributed by atoms with van der Waals surface area (Å²) in [5.41, 5.74) is 4.44. The summed E-state index contributed by atoms with van der Waals surface area (Å²) in [6, 6.07) is 23.1. The van der Waals surface area contributed by atoms with Crippen molar-refractivity contribution in [3.8, 4) is 5.69 Å². The molecule has 0 N–H and O–H groups in total. The van der Waals surface area contributed by atoms with Crippen LogP contribution in [-0.2, 0) is 11.2 Å². The average molecular weight is 442 g/mol. The number of carbonyl (C=O) groups is 1. The molecule has 3 aromatic carbocycles. The highest BCUT2D eigenvalue weighted by Crippen LogP contribution is 2.32. The molecule has 32 heavy (non-hydrogen) atoms. The van der Waals surface area contributed by atoms with Crippen LogP contribution in [0.5, 0.6) is 0 Å². The summed E-state index contributed by atoms with van der Waals surface area (Å²) in [6.07, 6.45) is 0.863. The molecule has 0 aliphatic carbocycles. The van der Waals surface area contributed by atoms with Gasteiger partial charge in [0.2, 0.25) is 5.91 Å². The Labute approximate surface area is 190 Å². The van der Waals surface area contributed by atoms with Crippen LogP contribution in [0.1, 0.15) is 18.1 Å². The van der Waals surface area contributed by atoms with Crippen molar-refractivity contribution < 1.29 is 4.79 Å². The van der Waals surface area contributed by atoms with Crippen LogP contribution < -0.4 is 10.5 Å². The van der Waals surface area contributed by atoms with Crippen molar-refractivity contribution in [1.82, 2.24) is 9.55 Å². The second kappa shape index (κ2) is 8.28. The molecule has 0 spiro atoms. The van der Waals surface area contributed by atoms with Gasteiger partial charge in [0.1, 0.15) is 0 Å². The third kappa shape index (κ3) is 3.50. The molecule has 1 aliphatic rings. The largest absolute Gasteiger partial charge is 0.311 e. The smallest absolute Gasteiger partial charge is 0.266 e. The van der Waals surface area contributed by atoms with Crippen molar-refractivity contribution in [3.63, 3.8) is 0 Å². The summed E-state index contributed by atoms with van der Waals surface area (Å²) >= 11 is 1.33. The number of nitrogens with zero attached hydrogens (tertiary/aromatic N) is 3. The van der Waals surface area contributed by atoms with Crippen LogP contribution in [0.3, 0.4) is 0 Å². The van der Waals surface area contributed by atoms with E-state index in [1.807, 2.05) is 79.4 Å². The van der Waals surface area contributed by atoms with E-state index in [2.05, 4.69) is 6.07 Å². The quantitative estimate of drug-likeness (QED) is 0.338. The lowest BCUT2D eigenvalue weighted by molar-refractivity contribution is -0.117. The van der Waals surface area contributed by atoms with Crippen molar-refractivity contribution in [1.29, 1.82) is 0 Å². The summed E-state index contributed by atoms with van der Waals surface area (Å²) < 4.78 is 1.64. The average Bonchev–Trinajstić information content (AvgIpc) is 3.24. The molecule has 0 saturated heterocycles. The number of hydrogen-bond donors (Lipinski definition) is 0. The van der Waals surface area contributed by atoms with Gasteiger partial charge < -0.3 is 4.90 Å². The second-order valence-electron chi connectivity index (χ2n) is 7.97. The van der Waals surface area contributed by atoms with Crippen molar-refractivity contribution in [2.24, 2.45) is 0 Å². The molecule has 4 aromatic rings. The van der Waals surface area contributed by atoms with Gasteiger partial charge in [-0.15, -0.1) is 0 Å². The Bertz CT molecular complexity index is 1400. The number of hydrogen-bond acceptors (Lipinski definition) is 4. The van der Waals surface area contributed by atoms with E-state index in [9.17, 15) is 9.59 Å². The molecule has 160 valence electrons. The van der Waals surface area contributed by atoms with Crippen LogP contribution in [-0.4, -0.2) is 27.3 Å². The number of para-hydroxylation sites is 3. The zero-order valence-electron chi connectivity index (χ0n) is 18.0. The van der Waals surface area contributed by atoms with Crippen LogP contribution in [0.4, 0.5) is 5.69 Å². The van der Waals surface area contributed by atoms with E-state index in [0.29, 0.717) is 22.6 Å². The molecule has 2 heterocycles. The van der Waals surface area contributed by atoms with E-state index in [1.54, 1.807) is 10.6 Å². The fraction of sp³-hybridized carbons (Fsp3) is 0.192. The fourth-order valence-corrected chi connectivity index (χ4v) is 5.20. The number of aromatic nitrogens is 2. The van der Waals surface area contributed by atoms with Gasteiger partial charge in [0, 0.05) is 12.2 Å². The van der Waals surface area contributed by atoms with E-state index in [-0.39, 0.29) is 11.5 Å². The summed E-state index contributed by atoms with van der Waals surface area (Å²) in [6.45, 7) is 4.54. The van der Waals surface area contributed by atoms with Gasteiger partial charge in [-0.3, -0.25) is 14.2 Å². The molecule has 0 fully saturated rings. The minimum atomic E-state index is -0.399. The molecule has 0 bridgehead atoms. The lowest BCUT2D eigenvalue weighted by Crippen LogP contribution is -2.35. The normalized spacial score (nSPS) is 13.9. The highest BCUT2D eigenvalue weighted by Gasteiger charge is 2.29. The molecule has 1 aliphatic heterocycles. The molecule has 5 rings (SSSR count). The van der Waals surface area contributed by atoms with Crippen LogP contribution >= 0.6 is 11.8 Å². The van der Waals surface area contributed by atoms with Gasteiger partial charge >= 0.3 is 0 Å². The van der Waals surface area contributed by atoms with Gasteiger partial charge in [-0.2, -0.15) is 0 Å². The van der Waals surface area contributed by atoms with Crippen molar-refractivity contribution >= 4 is 34.3 Å². The first kappa shape index (κ1) is 20.5. The molecular weight excluding hydrogens is 418 g/mol. The topological polar surface area (TPSA) is 55.2 Å². The Morgan fingerprint density at radius 2 is 1.66 bits per heavy atom. The first-order valence-corrected chi connectivity index (χ1v) is 11.6. The van der Waals surface area contributed by atoms with Gasteiger partial charge in [0.05, 0.1) is 21.8 Å². The number of thioether (sulfide) groups is 1. The van der Waals surface area contributed by atoms with Crippen LogP contribution in [0.2, 0.25) is 0 Å². The maximum atomic E-state index is 13.5. The summed E-state index contributed by atoms with van der Waals surface area (Å²) in [7, 11) is 0. The number of benzene rings is 3.